The average molecular weight is 438 g/mol. The molecule has 1 atom stereocenters. The van der Waals surface area contributed by atoms with Gasteiger partial charge in [-0.25, -0.2) is 8.42 Å². The molecule has 5 rings (SSSR count). The van der Waals surface area contributed by atoms with Crippen LogP contribution in [0.5, 0.6) is 0 Å². The van der Waals surface area contributed by atoms with Gasteiger partial charge in [0.15, 0.2) is 0 Å². The molecular formula is C24H27N3O3S. The first kappa shape index (κ1) is 20.4. The molecule has 3 heterocycles. The highest BCUT2D eigenvalue weighted by Crippen LogP contribution is 2.27. The summed E-state index contributed by atoms with van der Waals surface area (Å²) in [6, 6.07) is 16.6. The average Bonchev–Trinajstić information content (AvgIpc) is 2.79. The van der Waals surface area contributed by atoms with Gasteiger partial charge in [-0.1, -0.05) is 24.3 Å². The molecule has 1 N–H and O–H groups in total. The highest BCUT2D eigenvalue weighted by Gasteiger charge is 2.31. The third-order valence-corrected chi connectivity index (χ3v) is 8.40. The number of hydrogen-bond acceptors (Lipinski definition) is 4. The van der Waals surface area contributed by atoms with Crippen molar-refractivity contribution in [1.82, 2.24) is 14.2 Å². The topological polar surface area (TPSA) is 73.5 Å². The van der Waals surface area contributed by atoms with Gasteiger partial charge < -0.3 is 4.98 Å². The number of nitrogens with one attached hydrogen (secondary N) is 1. The number of fused-ring (bicyclic) bond motifs is 2. The number of H-pyrrole nitrogens is 1. The van der Waals surface area contributed by atoms with Crippen molar-refractivity contribution in [2.45, 2.75) is 30.7 Å². The van der Waals surface area contributed by atoms with Gasteiger partial charge in [-0.3, -0.25) is 9.69 Å². The number of hydrogen-bond donors (Lipinski definition) is 1. The molecule has 0 bridgehead atoms. The van der Waals surface area contributed by atoms with E-state index in [-0.39, 0.29) is 5.56 Å². The van der Waals surface area contributed by atoms with E-state index in [9.17, 15) is 13.2 Å². The lowest BCUT2D eigenvalue weighted by Crippen LogP contribution is -2.44. The molecule has 7 heteroatoms. The van der Waals surface area contributed by atoms with E-state index >= 15 is 0 Å². The number of aromatic amines is 1. The van der Waals surface area contributed by atoms with Crippen LogP contribution in [0.1, 0.15) is 24.0 Å². The summed E-state index contributed by atoms with van der Waals surface area (Å²) in [5.41, 5.74) is 3.28. The highest BCUT2D eigenvalue weighted by molar-refractivity contribution is 7.89. The molecule has 0 amide bonds. The molecule has 3 aromatic rings. The standard InChI is InChI=1S/C24H27N3O3S/c28-24-10-7-20-14-22(8-9-23(20)25-24)31(29,30)27-12-3-4-18(16-27)15-26-13-11-19-5-1-2-6-21(19)17-26/h1-2,5-10,14,18H,3-4,11-13,15-17H2,(H,25,28)/t18-/m0/s1. The molecule has 2 aliphatic rings. The van der Waals surface area contributed by atoms with E-state index in [0.717, 1.165) is 44.3 Å². The van der Waals surface area contributed by atoms with Gasteiger partial charge in [-0.2, -0.15) is 4.31 Å². The zero-order chi connectivity index (χ0) is 21.4. The van der Waals surface area contributed by atoms with Gasteiger partial charge in [-0.05, 0) is 66.0 Å². The number of aromatic nitrogens is 1. The summed E-state index contributed by atoms with van der Waals surface area (Å²) < 4.78 is 28.3. The maximum atomic E-state index is 13.3. The van der Waals surface area contributed by atoms with Gasteiger partial charge in [0, 0.05) is 44.3 Å². The Morgan fingerprint density at radius 1 is 1.00 bits per heavy atom. The van der Waals surface area contributed by atoms with Crippen LogP contribution in [0.3, 0.4) is 0 Å². The summed E-state index contributed by atoms with van der Waals surface area (Å²) in [5, 5.41) is 0.723. The van der Waals surface area contributed by atoms with Crippen molar-refractivity contribution in [3.8, 4) is 0 Å². The number of piperidine rings is 1. The number of rotatable bonds is 4. The molecule has 0 unspecified atom stereocenters. The summed E-state index contributed by atoms with van der Waals surface area (Å²) in [6.45, 7) is 4.03. The van der Waals surface area contributed by atoms with Crippen LogP contribution in [-0.2, 0) is 23.0 Å². The lowest BCUT2D eigenvalue weighted by atomic mass is 9.95. The van der Waals surface area contributed by atoms with E-state index < -0.39 is 10.0 Å². The Bertz CT molecular complexity index is 1270. The van der Waals surface area contributed by atoms with Crippen LogP contribution in [-0.4, -0.2) is 48.8 Å². The van der Waals surface area contributed by atoms with E-state index in [1.807, 2.05) is 0 Å². The van der Waals surface area contributed by atoms with E-state index in [2.05, 4.69) is 34.1 Å². The molecule has 0 spiro atoms. The lowest BCUT2D eigenvalue weighted by Gasteiger charge is -2.36. The predicted octanol–water partition coefficient (Wildman–Crippen LogP) is 2.99. The largest absolute Gasteiger partial charge is 0.322 e. The van der Waals surface area contributed by atoms with Gasteiger partial charge in [0.25, 0.3) is 0 Å². The zero-order valence-corrected chi connectivity index (χ0v) is 18.3. The number of sulfonamides is 1. The number of nitrogens with zero attached hydrogens (tertiary/aromatic N) is 2. The molecule has 2 aromatic carbocycles. The van der Waals surface area contributed by atoms with Crippen molar-refractivity contribution < 1.29 is 8.42 Å². The lowest BCUT2D eigenvalue weighted by molar-refractivity contribution is 0.167. The van der Waals surface area contributed by atoms with Crippen molar-refractivity contribution in [2.24, 2.45) is 5.92 Å². The van der Waals surface area contributed by atoms with Crippen molar-refractivity contribution in [3.63, 3.8) is 0 Å². The van der Waals surface area contributed by atoms with Crippen LogP contribution in [0.15, 0.2) is 64.3 Å². The maximum Gasteiger partial charge on any atom is 0.248 e. The van der Waals surface area contributed by atoms with Gasteiger partial charge in [-0.15, -0.1) is 0 Å². The molecule has 6 nitrogen and oxygen atoms in total. The summed E-state index contributed by atoms with van der Waals surface area (Å²) >= 11 is 0. The van der Waals surface area contributed by atoms with Crippen LogP contribution >= 0.6 is 0 Å². The Labute approximate surface area is 182 Å². The van der Waals surface area contributed by atoms with E-state index in [0.29, 0.717) is 29.4 Å². The first-order chi connectivity index (χ1) is 15.0. The second kappa shape index (κ2) is 8.22. The minimum absolute atomic E-state index is 0.192. The number of benzene rings is 2. The second-order valence-electron chi connectivity index (χ2n) is 8.70. The summed E-state index contributed by atoms with van der Waals surface area (Å²) in [6.07, 6.45) is 3.00. The van der Waals surface area contributed by atoms with Crippen LogP contribution in [0, 0.1) is 5.92 Å². The van der Waals surface area contributed by atoms with E-state index in [1.54, 1.807) is 28.6 Å². The SMILES string of the molecule is O=c1ccc2cc(S(=O)(=O)N3CCC[C@@H](CN4CCc5ccccc5C4)C3)ccc2[nH]1. The zero-order valence-electron chi connectivity index (χ0n) is 17.5. The third kappa shape index (κ3) is 4.18. The number of pyridine rings is 1. The van der Waals surface area contributed by atoms with Crippen molar-refractivity contribution in [1.29, 1.82) is 0 Å². The Kier molecular flexibility index (Phi) is 5.42. The molecule has 162 valence electrons. The Balaban J connectivity index is 1.30. The van der Waals surface area contributed by atoms with Gasteiger partial charge in [0.2, 0.25) is 15.6 Å². The first-order valence-corrected chi connectivity index (χ1v) is 12.4. The molecule has 31 heavy (non-hydrogen) atoms. The molecular weight excluding hydrogens is 410 g/mol. The minimum atomic E-state index is -3.56. The Morgan fingerprint density at radius 2 is 1.84 bits per heavy atom. The second-order valence-corrected chi connectivity index (χ2v) is 10.6. The highest BCUT2D eigenvalue weighted by atomic mass is 32.2. The van der Waals surface area contributed by atoms with Crippen LogP contribution in [0.25, 0.3) is 10.9 Å². The molecule has 1 aromatic heterocycles. The fourth-order valence-corrected chi connectivity index (χ4v) is 6.50. The van der Waals surface area contributed by atoms with Crippen LogP contribution in [0.2, 0.25) is 0 Å². The molecule has 0 radical (unpaired) electrons. The fourth-order valence-electron chi connectivity index (χ4n) is 4.91. The Morgan fingerprint density at radius 3 is 2.71 bits per heavy atom. The predicted molar refractivity (Wildman–Crippen MR) is 121 cm³/mol. The van der Waals surface area contributed by atoms with Crippen LogP contribution < -0.4 is 5.56 Å². The summed E-state index contributed by atoms with van der Waals surface area (Å²) in [4.78, 5) is 17.0. The fraction of sp³-hybridized carbons (Fsp3) is 0.375. The third-order valence-electron chi connectivity index (χ3n) is 6.54. The minimum Gasteiger partial charge on any atom is -0.322 e. The maximum absolute atomic E-state index is 13.3. The molecule has 1 fully saturated rings. The van der Waals surface area contributed by atoms with Gasteiger partial charge >= 0.3 is 0 Å². The Hall–Kier alpha value is -2.48. The molecule has 2 aliphatic heterocycles. The van der Waals surface area contributed by atoms with Crippen molar-refractivity contribution >= 4 is 20.9 Å². The van der Waals surface area contributed by atoms with Gasteiger partial charge in [0.1, 0.15) is 0 Å². The van der Waals surface area contributed by atoms with Crippen molar-refractivity contribution in [3.05, 3.63) is 76.1 Å². The molecule has 1 saturated heterocycles. The quantitative estimate of drug-likeness (QED) is 0.681. The first-order valence-electron chi connectivity index (χ1n) is 10.9. The van der Waals surface area contributed by atoms with E-state index in [1.165, 1.54) is 17.2 Å². The normalized spacial score (nSPS) is 20.6. The molecule has 0 saturated carbocycles. The van der Waals surface area contributed by atoms with Gasteiger partial charge in [0.05, 0.1) is 4.90 Å². The van der Waals surface area contributed by atoms with Crippen molar-refractivity contribution in [2.75, 3.05) is 26.2 Å². The molecule has 0 aliphatic carbocycles. The monoisotopic (exact) mass is 437 g/mol. The smallest absolute Gasteiger partial charge is 0.248 e. The summed E-state index contributed by atoms with van der Waals surface area (Å²) in [7, 11) is -3.56. The van der Waals surface area contributed by atoms with Crippen LogP contribution in [0.4, 0.5) is 0 Å². The van der Waals surface area contributed by atoms with E-state index in [4.69, 9.17) is 0 Å². The summed E-state index contributed by atoms with van der Waals surface area (Å²) in [5.74, 6) is 0.339.